The molecule has 0 heterocycles. The Balaban J connectivity index is 4.84. The molecule has 0 radical (unpaired) electrons. The highest BCUT2D eigenvalue weighted by Gasteiger charge is 2.08. The van der Waals surface area contributed by atoms with Crippen LogP contribution in [0, 0.1) is 0 Å². The Bertz CT molecular complexity index is 298. The number of hydrogen-bond acceptors (Lipinski definition) is 5. The van der Waals surface area contributed by atoms with Crippen molar-refractivity contribution >= 4 is 17.7 Å². The lowest BCUT2D eigenvalue weighted by molar-refractivity contribution is -0.299. The van der Waals surface area contributed by atoms with Gasteiger partial charge < -0.3 is 20.1 Å². The summed E-state index contributed by atoms with van der Waals surface area (Å²) in [4.78, 5) is 30.5. The number of carbonyl (C=O) groups excluding carboxylic acids is 2. The summed E-state index contributed by atoms with van der Waals surface area (Å²) >= 11 is 0. The summed E-state index contributed by atoms with van der Waals surface area (Å²) in [5, 5.41) is 28.0. The summed E-state index contributed by atoms with van der Waals surface area (Å²) in [6.07, 6.45) is 0.930. The van der Waals surface area contributed by atoms with Gasteiger partial charge >= 0.3 is 5.97 Å². The van der Waals surface area contributed by atoms with Crippen LogP contribution in [0.15, 0.2) is 24.0 Å². The fraction of sp³-hybridized carbons (Fsp3) is 0. The van der Waals surface area contributed by atoms with E-state index in [2.05, 4.69) is 0 Å². The molecule has 0 atom stereocenters. The molecular formula is C7H4O6-2. The molecule has 0 aromatic heterocycles. The molecule has 0 amide bonds. The molecule has 6 nitrogen and oxygen atoms in total. The van der Waals surface area contributed by atoms with Crippen LogP contribution >= 0.6 is 0 Å². The summed E-state index contributed by atoms with van der Waals surface area (Å²) in [5.41, 5.74) is -0.776. The van der Waals surface area contributed by atoms with E-state index in [1.807, 2.05) is 0 Å². The van der Waals surface area contributed by atoms with Crippen molar-refractivity contribution in [1.82, 2.24) is 0 Å². The predicted octanol–water partition coefficient (Wildman–Crippen LogP) is -2.81. The fourth-order valence-corrected chi connectivity index (χ4v) is 0.451. The molecule has 0 unspecified atom stereocenters. The van der Waals surface area contributed by atoms with Crippen LogP contribution in [0.4, 0.5) is 0 Å². The Labute approximate surface area is 72.4 Å². The van der Waals surface area contributed by atoms with Gasteiger partial charge in [-0.15, -0.1) is 6.26 Å². The second kappa shape index (κ2) is 4.70. The molecule has 0 aromatic rings. The topological polar surface area (TPSA) is 118 Å². The van der Waals surface area contributed by atoms with Crippen LogP contribution in [-0.2, 0) is 14.4 Å². The van der Waals surface area contributed by atoms with E-state index in [1.54, 1.807) is 0 Å². The summed E-state index contributed by atoms with van der Waals surface area (Å²) in [5.74, 6) is -5.03. The number of hydrogen-bond donors (Lipinski definition) is 1. The van der Waals surface area contributed by atoms with Crippen molar-refractivity contribution in [1.29, 1.82) is 0 Å². The van der Waals surface area contributed by atoms with E-state index in [-0.39, 0.29) is 6.26 Å². The number of carboxylic acid groups (broad SMARTS) is 2. The minimum atomic E-state index is -1.81. The second-order valence-corrected chi connectivity index (χ2v) is 1.86. The first kappa shape index (κ1) is 10.9. The molecule has 0 aromatic carbocycles. The second-order valence-electron chi connectivity index (χ2n) is 1.86. The van der Waals surface area contributed by atoms with Crippen molar-refractivity contribution < 1.29 is 29.7 Å². The molecule has 0 saturated carbocycles. The van der Waals surface area contributed by atoms with E-state index in [0.717, 1.165) is 0 Å². The van der Waals surface area contributed by atoms with Gasteiger partial charge in [-0.2, -0.15) is 0 Å². The van der Waals surface area contributed by atoms with Crippen LogP contribution in [-0.4, -0.2) is 22.8 Å². The van der Waals surface area contributed by atoms with Crippen molar-refractivity contribution in [3.8, 4) is 0 Å². The highest BCUT2D eigenvalue weighted by Crippen LogP contribution is 1.94. The standard InChI is InChI=1S/C7H6O6/c8-2-1-4(6(10)11)3-5(9)7(12)13/h1-3,8H,(H,10,11)(H,12,13)/p-2. The molecule has 0 rings (SSSR count). The van der Waals surface area contributed by atoms with E-state index < -0.39 is 23.3 Å². The van der Waals surface area contributed by atoms with E-state index in [4.69, 9.17) is 5.11 Å². The highest BCUT2D eigenvalue weighted by atomic mass is 16.4. The average molecular weight is 184 g/mol. The number of rotatable bonds is 4. The van der Waals surface area contributed by atoms with Gasteiger partial charge in [0.2, 0.25) is 0 Å². The Morgan fingerprint density at radius 1 is 1.23 bits per heavy atom. The maximum atomic E-state index is 10.4. The molecule has 13 heavy (non-hydrogen) atoms. The van der Waals surface area contributed by atoms with Gasteiger partial charge in [-0.1, -0.05) is 6.08 Å². The number of carbonyl (C=O) groups is 3. The first-order valence-electron chi connectivity index (χ1n) is 2.98. The zero-order chi connectivity index (χ0) is 10.4. The number of ketones is 1. The maximum Gasteiger partial charge on any atom is 0.376 e. The molecular weight excluding hydrogens is 180 g/mol. The van der Waals surface area contributed by atoms with Crippen molar-refractivity contribution in [2.45, 2.75) is 0 Å². The summed E-state index contributed by atoms with van der Waals surface area (Å²) in [7, 11) is 0. The third kappa shape index (κ3) is 3.71. The lowest BCUT2D eigenvalue weighted by Crippen LogP contribution is -2.25. The molecule has 0 aliphatic rings. The lowest BCUT2D eigenvalue weighted by atomic mass is 10.2. The smallest absolute Gasteiger partial charge is 0.376 e. The van der Waals surface area contributed by atoms with Crippen LogP contribution < -0.4 is 10.2 Å². The zero-order valence-electron chi connectivity index (χ0n) is 6.22. The van der Waals surface area contributed by atoms with Gasteiger partial charge in [-0.3, -0.25) is 4.79 Å². The van der Waals surface area contributed by atoms with Gasteiger partial charge in [-0.05, 0) is 0 Å². The molecule has 70 valence electrons. The number of aliphatic carboxylic acids is 2. The van der Waals surface area contributed by atoms with E-state index in [0.29, 0.717) is 12.2 Å². The van der Waals surface area contributed by atoms with Gasteiger partial charge in [0.15, 0.2) is 0 Å². The van der Waals surface area contributed by atoms with Crippen LogP contribution in [0.2, 0.25) is 0 Å². The van der Waals surface area contributed by atoms with Gasteiger partial charge in [0.05, 0.1) is 5.97 Å². The maximum absolute atomic E-state index is 10.4. The SMILES string of the molecule is O=C([O-])C(C=C[O-])=CC(=O)C(=O)O. The van der Waals surface area contributed by atoms with Gasteiger partial charge in [0, 0.05) is 11.6 Å². The van der Waals surface area contributed by atoms with E-state index >= 15 is 0 Å². The summed E-state index contributed by atoms with van der Waals surface area (Å²) < 4.78 is 0. The van der Waals surface area contributed by atoms with Gasteiger partial charge in [0.1, 0.15) is 0 Å². The van der Waals surface area contributed by atoms with Crippen molar-refractivity contribution in [3.05, 3.63) is 24.0 Å². The molecule has 0 aliphatic carbocycles. The minimum absolute atomic E-state index is 0.108. The van der Waals surface area contributed by atoms with Crippen LogP contribution in [0.25, 0.3) is 0 Å². The first-order chi connectivity index (χ1) is 5.99. The minimum Gasteiger partial charge on any atom is -0.878 e. The molecule has 0 bridgehead atoms. The Hall–Kier alpha value is -2.11. The Morgan fingerprint density at radius 2 is 1.77 bits per heavy atom. The quantitative estimate of drug-likeness (QED) is 0.218. The molecule has 1 N–H and O–H groups in total. The largest absolute Gasteiger partial charge is 0.878 e. The summed E-state index contributed by atoms with van der Waals surface area (Å²) in [6, 6.07) is 0. The molecule has 0 aliphatic heterocycles. The number of carboxylic acids is 2. The van der Waals surface area contributed by atoms with Crippen molar-refractivity contribution in [3.63, 3.8) is 0 Å². The fourth-order valence-electron chi connectivity index (χ4n) is 0.451. The summed E-state index contributed by atoms with van der Waals surface area (Å²) in [6.45, 7) is 0. The Morgan fingerprint density at radius 3 is 2.08 bits per heavy atom. The van der Waals surface area contributed by atoms with Gasteiger partial charge in [-0.25, -0.2) is 4.79 Å². The monoisotopic (exact) mass is 184 g/mol. The van der Waals surface area contributed by atoms with Crippen LogP contribution in [0.1, 0.15) is 0 Å². The van der Waals surface area contributed by atoms with Crippen molar-refractivity contribution in [2.75, 3.05) is 0 Å². The lowest BCUT2D eigenvalue weighted by Gasteiger charge is -2.02. The highest BCUT2D eigenvalue weighted by molar-refractivity contribution is 6.38. The first-order valence-corrected chi connectivity index (χ1v) is 2.98. The van der Waals surface area contributed by atoms with Crippen LogP contribution in [0.5, 0.6) is 0 Å². The Kier molecular flexibility index (Phi) is 3.94. The van der Waals surface area contributed by atoms with Gasteiger partial charge in [0.25, 0.3) is 5.78 Å². The predicted molar refractivity (Wildman–Crippen MR) is 34.9 cm³/mol. The van der Waals surface area contributed by atoms with Crippen molar-refractivity contribution in [2.24, 2.45) is 0 Å². The zero-order valence-corrected chi connectivity index (χ0v) is 6.22. The molecule has 0 saturated heterocycles. The molecule has 0 spiro atoms. The molecule has 0 fully saturated rings. The van der Waals surface area contributed by atoms with E-state index in [9.17, 15) is 24.6 Å². The molecule has 6 heteroatoms. The third-order valence-electron chi connectivity index (χ3n) is 0.981. The third-order valence-corrected chi connectivity index (χ3v) is 0.981. The average Bonchev–Trinajstić information content (AvgIpc) is 2.03. The van der Waals surface area contributed by atoms with E-state index in [1.165, 1.54) is 0 Å². The van der Waals surface area contributed by atoms with Crippen LogP contribution in [0.3, 0.4) is 0 Å². The normalized spacial score (nSPS) is 11.5.